The first-order valence-electron chi connectivity index (χ1n) is 4.27. The van der Waals surface area contributed by atoms with E-state index in [0.29, 0.717) is 17.0 Å². The van der Waals surface area contributed by atoms with Crippen LogP contribution in [0, 0.1) is 12.7 Å². The molecule has 0 unspecified atom stereocenters. The SMILES string of the molecule is Cc1ccc(C2=NCC(=O)N2)cc1F. The summed E-state index contributed by atoms with van der Waals surface area (Å²) in [6.07, 6.45) is 0. The molecule has 0 fully saturated rings. The second-order valence-corrected chi connectivity index (χ2v) is 3.18. The van der Waals surface area contributed by atoms with E-state index in [1.165, 1.54) is 6.07 Å². The normalized spacial score (nSPS) is 15.3. The highest BCUT2D eigenvalue weighted by molar-refractivity contribution is 6.12. The Morgan fingerprint density at radius 2 is 2.29 bits per heavy atom. The van der Waals surface area contributed by atoms with Crippen molar-refractivity contribution in [1.29, 1.82) is 0 Å². The van der Waals surface area contributed by atoms with Gasteiger partial charge in [-0.15, -0.1) is 0 Å². The molecule has 0 spiro atoms. The van der Waals surface area contributed by atoms with Crippen LogP contribution < -0.4 is 5.32 Å². The molecule has 3 nitrogen and oxygen atoms in total. The van der Waals surface area contributed by atoms with E-state index in [1.807, 2.05) is 0 Å². The zero-order valence-electron chi connectivity index (χ0n) is 7.67. The van der Waals surface area contributed by atoms with Gasteiger partial charge in [-0.2, -0.15) is 0 Å². The molecule has 1 aromatic rings. The fourth-order valence-electron chi connectivity index (χ4n) is 1.27. The molecule has 1 heterocycles. The smallest absolute Gasteiger partial charge is 0.247 e. The zero-order chi connectivity index (χ0) is 10.1. The molecular weight excluding hydrogens is 183 g/mol. The van der Waals surface area contributed by atoms with E-state index in [9.17, 15) is 9.18 Å². The first-order chi connectivity index (χ1) is 6.66. The highest BCUT2D eigenvalue weighted by atomic mass is 19.1. The highest BCUT2D eigenvalue weighted by Gasteiger charge is 2.15. The Bertz CT molecular complexity index is 426. The van der Waals surface area contributed by atoms with E-state index in [1.54, 1.807) is 19.1 Å². The van der Waals surface area contributed by atoms with Gasteiger partial charge in [-0.1, -0.05) is 12.1 Å². The van der Waals surface area contributed by atoms with Crippen molar-refractivity contribution in [3.63, 3.8) is 0 Å². The van der Waals surface area contributed by atoms with Crippen LogP contribution in [0.25, 0.3) is 0 Å². The molecule has 0 aliphatic carbocycles. The minimum Gasteiger partial charge on any atom is -0.309 e. The minimum atomic E-state index is -0.286. The summed E-state index contributed by atoms with van der Waals surface area (Å²) in [7, 11) is 0. The largest absolute Gasteiger partial charge is 0.309 e. The second kappa shape index (κ2) is 3.21. The first-order valence-corrected chi connectivity index (χ1v) is 4.27. The van der Waals surface area contributed by atoms with Crippen molar-refractivity contribution < 1.29 is 9.18 Å². The van der Waals surface area contributed by atoms with Gasteiger partial charge in [0.15, 0.2) is 0 Å². The van der Waals surface area contributed by atoms with Gasteiger partial charge in [0.1, 0.15) is 18.2 Å². The molecule has 1 aromatic carbocycles. The number of aliphatic imine (C=N–C) groups is 1. The lowest BCUT2D eigenvalue weighted by Gasteiger charge is -2.02. The number of carbonyl (C=O) groups excluding carboxylic acids is 1. The molecule has 1 aliphatic heterocycles. The van der Waals surface area contributed by atoms with Crippen LogP contribution >= 0.6 is 0 Å². The Hall–Kier alpha value is -1.71. The summed E-state index contributed by atoms with van der Waals surface area (Å²) in [6, 6.07) is 4.78. The third kappa shape index (κ3) is 1.51. The molecule has 0 saturated carbocycles. The van der Waals surface area contributed by atoms with Crippen LogP contribution in [0.3, 0.4) is 0 Å². The van der Waals surface area contributed by atoms with Crippen LogP contribution in [0.4, 0.5) is 4.39 Å². The monoisotopic (exact) mass is 192 g/mol. The lowest BCUT2D eigenvalue weighted by Crippen LogP contribution is -2.25. The van der Waals surface area contributed by atoms with Gasteiger partial charge in [0, 0.05) is 5.56 Å². The van der Waals surface area contributed by atoms with Crippen LogP contribution in [-0.2, 0) is 4.79 Å². The Morgan fingerprint density at radius 1 is 1.50 bits per heavy atom. The third-order valence-corrected chi connectivity index (χ3v) is 2.08. The molecule has 14 heavy (non-hydrogen) atoms. The van der Waals surface area contributed by atoms with Gasteiger partial charge in [0.2, 0.25) is 5.91 Å². The van der Waals surface area contributed by atoms with E-state index < -0.39 is 0 Å². The average Bonchev–Trinajstić information content (AvgIpc) is 2.57. The maximum absolute atomic E-state index is 13.2. The van der Waals surface area contributed by atoms with Crippen molar-refractivity contribution in [1.82, 2.24) is 5.32 Å². The Balaban J connectivity index is 2.34. The van der Waals surface area contributed by atoms with Crippen LogP contribution in [0.2, 0.25) is 0 Å². The predicted octanol–water partition coefficient (Wildman–Crippen LogP) is 1.01. The Morgan fingerprint density at radius 3 is 2.86 bits per heavy atom. The number of halogens is 1. The van der Waals surface area contributed by atoms with Crippen LogP contribution in [0.5, 0.6) is 0 Å². The number of nitrogens with zero attached hydrogens (tertiary/aromatic N) is 1. The van der Waals surface area contributed by atoms with Gasteiger partial charge in [-0.3, -0.25) is 9.79 Å². The number of amides is 1. The molecule has 0 atom stereocenters. The molecule has 4 heteroatoms. The van der Waals surface area contributed by atoms with Crippen molar-refractivity contribution in [2.75, 3.05) is 6.54 Å². The predicted molar refractivity (Wildman–Crippen MR) is 50.7 cm³/mol. The van der Waals surface area contributed by atoms with Crippen molar-refractivity contribution in [3.05, 3.63) is 35.1 Å². The summed E-state index contributed by atoms with van der Waals surface area (Å²) >= 11 is 0. The van der Waals surface area contributed by atoms with Crippen molar-refractivity contribution in [3.8, 4) is 0 Å². The summed E-state index contributed by atoms with van der Waals surface area (Å²) in [6.45, 7) is 1.82. The minimum absolute atomic E-state index is 0.130. The van der Waals surface area contributed by atoms with E-state index in [-0.39, 0.29) is 18.3 Å². The maximum Gasteiger partial charge on any atom is 0.247 e. The molecule has 0 aromatic heterocycles. The first kappa shape index (κ1) is 8.87. The maximum atomic E-state index is 13.2. The molecule has 1 aliphatic rings. The highest BCUT2D eigenvalue weighted by Crippen LogP contribution is 2.10. The summed E-state index contributed by atoms with van der Waals surface area (Å²) in [4.78, 5) is 14.8. The molecule has 1 amide bonds. The van der Waals surface area contributed by atoms with Crippen molar-refractivity contribution >= 4 is 11.7 Å². The molecule has 72 valence electrons. The van der Waals surface area contributed by atoms with Gasteiger partial charge in [-0.25, -0.2) is 4.39 Å². The number of nitrogens with one attached hydrogen (secondary N) is 1. The number of amidine groups is 1. The average molecular weight is 192 g/mol. The van der Waals surface area contributed by atoms with Crippen LogP contribution in [0.15, 0.2) is 23.2 Å². The zero-order valence-corrected chi connectivity index (χ0v) is 7.67. The lowest BCUT2D eigenvalue weighted by atomic mass is 10.1. The summed E-state index contributed by atoms with van der Waals surface area (Å²) in [5.41, 5.74) is 1.19. The van der Waals surface area contributed by atoms with Gasteiger partial charge < -0.3 is 5.32 Å². The number of benzene rings is 1. The van der Waals surface area contributed by atoms with Gasteiger partial charge in [0.05, 0.1) is 0 Å². The number of hydrogen-bond acceptors (Lipinski definition) is 2. The van der Waals surface area contributed by atoms with Crippen molar-refractivity contribution in [2.24, 2.45) is 4.99 Å². The number of aryl methyl sites for hydroxylation is 1. The Kier molecular flexibility index (Phi) is 2.04. The summed E-state index contributed by atoms with van der Waals surface area (Å²) in [5, 5.41) is 2.56. The van der Waals surface area contributed by atoms with E-state index in [2.05, 4.69) is 10.3 Å². The molecule has 0 saturated heterocycles. The summed E-state index contributed by atoms with van der Waals surface area (Å²) < 4.78 is 13.2. The number of carbonyl (C=O) groups is 1. The van der Waals surface area contributed by atoms with Crippen LogP contribution in [0.1, 0.15) is 11.1 Å². The quantitative estimate of drug-likeness (QED) is 0.708. The van der Waals surface area contributed by atoms with E-state index in [0.717, 1.165) is 0 Å². The number of hydrogen-bond donors (Lipinski definition) is 1. The molecule has 2 rings (SSSR count). The summed E-state index contributed by atoms with van der Waals surface area (Å²) in [5.74, 6) is 0.0150. The second-order valence-electron chi connectivity index (χ2n) is 3.18. The van der Waals surface area contributed by atoms with E-state index >= 15 is 0 Å². The fraction of sp³-hybridized carbons (Fsp3) is 0.200. The number of rotatable bonds is 1. The van der Waals surface area contributed by atoms with Gasteiger partial charge in [0.25, 0.3) is 0 Å². The lowest BCUT2D eigenvalue weighted by molar-refractivity contribution is -0.117. The Labute approximate surface area is 80.7 Å². The van der Waals surface area contributed by atoms with Crippen LogP contribution in [-0.4, -0.2) is 18.3 Å². The third-order valence-electron chi connectivity index (χ3n) is 2.08. The molecular formula is C10H9FN2O. The standard InChI is InChI=1S/C10H9FN2O/c1-6-2-3-7(4-8(6)11)10-12-5-9(14)13-10/h2-4H,5H2,1H3,(H,12,13,14). The van der Waals surface area contributed by atoms with Gasteiger partial charge >= 0.3 is 0 Å². The molecule has 1 N–H and O–H groups in total. The van der Waals surface area contributed by atoms with E-state index in [4.69, 9.17) is 0 Å². The van der Waals surface area contributed by atoms with Crippen molar-refractivity contribution in [2.45, 2.75) is 6.92 Å². The molecule has 0 radical (unpaired) electrons. The topological polar surface area (TPSA) is 41.5 Å². The fourth-order valence-corrected chi connectivity index (χ4v) is 1.27. The van der Waals surface area contributed by atoms with Gasteiger partial charge in [-0.05, 0) is 18.6 Å². The molecule has 0 bridgehead atoms.